The van der Waals surface area contributed by atoms with Gasteiger partial charge < -0.3 is 4.74 Å². The van der Waals surface area contributed by atoms with Crippen molar-refractivity contribution < 1.29 is 4.74 Å². The van der Waals surface area contributed by atoms with Crippen molar-refractivity contribution in [2.45, 2.75) is 19.9 Å². The molecule has 0 aliphatic heterocycles. The van der Waals surface area contributed by atoms with Gasteiger partial charge in [0.25, 0.3) is 0 Å². The van der Waals surface area contributed by atoms with Gasteiger partial charge in [-0.05, 0) is 24.6 Å². The average molecular weight is 241 g/mol. The number of aromatic nitrogens is 2. The van der Waals surface area contributed by atoms with Crippen molar-refractivity contribution >= 4 is 0 Å². The highest BCUT2D eigenvalue weighted by molar-refractivity contribution is 5.68. The van der Waals surface area contributed by atoms with Crippen LogP contribution < -0.4 is 4.74 Å². The van der Waals surface area contributed by atoms with E-state index in [1.807, 2.05) is 37.4 Å². The Bertz CT molecular complexity index is 581. The Balaban J connectivity index is 2.34. The van der Waals surface area contributed by atoms with Gasteiger partial charge in [-0.15, -0.1) is 0 Å². The van der Waals surface area contributed by atoms with Gasteiger partial charge in [-0.2, -0.15) is 10.4 Å². The van der Waals surface area contributed by atoms with Crippen molar-refractivity contribution in [1.29, 1.82) is 5.26 Å². The number of benzene rings is 1. The maximum atomic E-state index is 8.56. The summed E-state index contributed by atoms with van der Waals surface area (Å²) in [4.78, 5) is 0. The molecule has 1 aromatic carbocycles. The molecule has 0 atom stereocenters. The van der Waals surface area contributed by atoms with Crippen LogP contribution in [-0.4, -0.2) is 16.9 Å². The lowest BCUT2D eigenvalue weighted by Crippen LogP contribution is -1.98. The standard InChI is InChI=1S/C14H15N3O/c1-11-5-3-6-12(14(11)18-2)13-7-10-17(16-13)9-4-8-15/h3,5-7,10H,4,9H2,1-2H3. The Labute approximate surface area is 106 Å². The first-order valence-corrected chi connectivity index (χ1v) is 5.80. The number of nitrogens with zero attached hydrogens (tertiary/aromatic N) is 3. The topological polar surface area (TPSA) is 50.8 Å². The number of para-hydroxylation sites is 1. The summed E-state index contributed by atoms with van der Waals surface area (Å²) in [7, 11) is 1.67. The average Bonchev–Trinajstić information content (AvgIpc) is 2.84. The SMILES string of the molecule is COc1c(C)cccc1-c1ccn(CCC#N)n1. The second-order valence-electron chi connectivity index (χ2n) is 4.03. The molecule has 2 rings (SSSR count). The van der Waals surface area contributed by atoms with Crippen LogP contribution in [0.5, 0.6) is 5.75 Å². The zero-order chi connectivity index (χ0) is 13.0. The largest absolute Gasteiger partial charge is 0.496 e. The van der Waals surface area contributed by atoms with E-state index in [0.29, 0.717) is 13.0 Å². The molecule has 4 nitrogen and oxygen atoms in total. The van der Waals surface area contributed by atoms with E-state index in [0.717, 1.165) is 22.6 Å². The summed E-state index contributed by atoms with van der Waals surface area (Å²) in [6.07, 6.45) is 2.35. The van der Waals surface area contributed by atoms with E-state index >= 15 is 0 Å². The molecule has 0 saturated heterocycles. The molecule has 2 aromatic rings. The van der Waals surface area contributed by atoms with Gasteiger partial charge in [0.1, 0.15) is 5.75 Å². The molecule has 1 heterocycles. The maximum Gasteiger partial charge on any atom is 0.131 e. The number of ether oxygens (including phenoxy) is 1. The molecule has 92 valence electrons. The summed E-state index contributed by atoms with van der Waals surface area (Å²) < 4.78 is 7.20. The molecule has 1 aromatic heterocycles. The number of methoxy groups -OCH3 is 1. The summed E-state index contributed by atoms with van der Waals surface area (Å²) in [6, 6.07) is 10.0. The van der Waals surface area contributed by atoms with Crippen LogP contribution in [0, 0.1) is 18.3 Å². The van der Waals surface area contributed by atoms with Gasteiger partial charge in [-0.25, -0.2) is 0 Å². The van der Waals surface area contributed by atoms with Crippen LogP contribution in [-0.2, 0) is 6.54 Å². The molecular formula is C14H15N3O. The van der Waals surface area contributed by atoms with Crippen molar-refractivity contribution in [2.24, 2.45) is 0 Å². The first-order valence-electron chi connectivity index (χ1n) is 5.80. The van der Waals surface area contributed by atoms with E-state index in [4.69, 9.17) is 10.00 Å². The second-order valence-corrected chi connectivity index (χ2v) is 4.03. The van der Waals surface area contributed by atoms with Crippen molar-refractivity contribution in [1.82, 2.24) is 9.78 Å². The molecule has 0 fully saturated rings. The molecule has 0 bridgehead atoms. The molecule has 0 aliphatic rings. The third-order valence-electron chi connectivity index (χ3n) is 2.79. The van der Waals surface area contributed by atoms with Crippen molar-refractivity contribution in [3.63, 3.8) is 0 Å². The molecule has 0 unspecified atom stereocenters. The van der Waals surface area contributed by atoms with Crippen LogP contribution in [0.2, 0.25) is 0 Å². The molecule has 0 spiro atoms. The molecule has 18 heavy (non-hydrogen) atoms. The zero-order valence-corrected chi connectivity index (χ0v) is 10.6. The van der Waals surface area contributed by atoms with Crippen molar-refractivity contribution in [3.05, 3.63) is 36.0 Å². The fourth-order valence-corrected chi connectivity index (χ4v) is 1.92. The summed E-state index contributed by atoms with van der Waals surface area (Å²) in [6.45, 7) is 2.62. The molecule has 0 radical (unpaired) electrons. The normalized spacial score (nSPS) is 10.1. The van der Waals surface area contributed by atoms with Crippen LogP contribution in [0.3, 0.4) is 0 Å². The fraction of sp³-hybridized carbons (Fsp3) is 0.286. The molecule has 0 aliphatic carbocycles. The third-order valence-corrected chi connectivity index (χ3v) is 2.79. The molecule has 0 amide bonds. The molecule has 0 saturated carbocycles. The van der Waals surface area contributed by atoms with Crippen molar-refractivity contribution in [2.75, 3.05) is 7.11 Å². The van der Waals surface area contributed by atoms with E-state index in [2.05, 4.69) is 11.2 Å². The van der Waals surface area contributed by atoms with Gasteiger partial charge in [0.05, 0.1) is 31.8 Å². The summed E-state index contributed by atoms with van der Waals surface area (Å²) in [5, 5.41) is 13.0. The second kappa shape index (κ2) is 5.37. The Kier molecular flexibility index (Phi) is 3.63. The lowest BCUT2D eigenvalue weighted by molar-refractivity contribution is 0.413. The van der Waals surface area contributed by atoms with E-state index in [1.54, 1.807) is 11.8 Å². The summed E-state index contributed by atoms with van der Waals surface area (Å²) in [5.74, 6) is 0.850. The van der Waals surface area contributed by atoms with E-state index in [1.165, 1.54) is 0 Å². The quantitative estimate of drug-likeness (QED) is 0.827. The predicted molar refractivity (Wildman–Crippen MR) is 69.2 cm³/mol. The first kappa shape index (κ1) is 12.2. The first-order chi connectivity index (χ1) is 8.76. The van der Waals surface area contributed by atoms with Crippen LogP contribution in [0.4, 0.5) is 0 Å². The number of hydrogen-bond donors (Lipinski definition) is 0. The third kappa shape index (κ3) is 2.35. The number of rotatable bonds is 4. The Hall–Kier alpha value is -2.28. The van der Waals surface area contributed by atoms with Gasteiger partial charge in [-0.3, -0.25) is 4.68 Å². The number of hydrogen-bond acceptors (Lipinski definition) is 3. The van der Waals surface area contributed by atoms with Gasteiger partial charge >= 0.3 is 0 Å². The van der Waals surface area contributed by atoms with Gasteiger partial charge in [-0.1, -0.05) is 12.1 Å². The fourth-order valence-electron chi connectivity index (χ4n) is 1.92. The van der Waals surface area contributed by atoms with E-state index < -0.39 is 0 Å². The highest BCUT2D eigenvalue weighted by atomic mass is 16.5. The lowest BCUT2D eigenvalue weighted by Gasteiger charge is -2.09. The Morgan fingerprint density at radius 2 is 2.22 bits per heavy atom. The lowest BCUT2D eigenvalue weighted by atomic mass is 10.1. The smallest absolute Gasteiger partial charge is 0.131 e. The molecule has 4 heteroatoms. The van der Waals surface area contributed by atoms with Gasteiger partial charge in [0.2, 0.25) is 0 Å². The van der Waals surface area contributed by atoms with Gasteiger partial charge in [0.15, 0.2) is 0 Å². The monoisotopic (exact) mass is 241 g/mol. The minimum atomic E-state index is 0.464. The van der Waals surface area contributed by atoms with E-state index in [-0.39, 0.29) is 0 Å². The molecular weight excluding hydrogens is 226 g/mol. The minimum Gasteiger partial charge on any atom is -0.496 e. The Morgan fingerprint density at radius 1 is 1.39 bits per heavy atom. The van der Waals surface area contributed by atoms with E-state index in [9.17, 15) is 0 Å². The number of aryl methyl sites for hydroxylation is 2. The zero-order valence-electron chi connectivity index (χ0n) is 10.6. The van der Waals surface area contributed by atoms with Crippen LogP contribution in [0.15, 0.2) is 30.5 Å². The number of nitriles is 1. The van der Waals surface area contributed by atoms with Crippen LogP contribution >= 0.6 is 0 Å². The minimum absolute atomic E-state index is 0.464. The highest BCUT2D eigenvalue weighted by Crippen LogP contribution is 2.31. The van der Waals surface area contributed by atoms with Crippen LogP contribution in [0.1, 0.15) is 12.0 Å². The summed E-state index contributed by atoms with van der Waals surface area (Å²) in [5.41, 5.74) is 2.93. The molecule has 0 N–H and O–H groups in total. The summed E-state index contributed by atoms with van der Waals surface area (Å²) >= 11 is 0. The van der Waals surface area contributed by atoms with Crippen LogP contribution in [0.25, 0.3) is 11.3 Å². The maximum absolute atomic E-state index is 8.56. The predicted octanol–water partition coefficient (Wildman–Crippen LogP) is 2.78. The Morgan fingerprint density at radius 3 is 2.94 bits per heavy atom. The van der Waals surface area contributed by atoms with Crippen molar-refractivity contribution in [3.8, 4) is 23.1 Å². The highest BCUT2D eigenvalue weighted by Gasteiger charge is 2.10. The van der Waals surface area contributed by atoms with Gasteiger partial charge in [0, 0.05) is 11.8 Å².